The molecule has 0 aliphatic rings. The molecular weight excluding hydrogens is 376 g/mol. The Bertz CT molecular complexity index is 962. The lowest BCUT2D eigenvalue weighted by molar-refractivity contribution is 0.584. The van der Waals surface area contributed by atoms with Gasteiger partial charge in [0.15, 0.2) is 0 Å². The predicted molar refractivity (Wildman–Crippen MR) is 96.0 cm³/mol. The molecule has 0 bridgehead atoms. The minimum atomic E-state index is -3.67. The molecule has 116 valence electrons. The standard InChI is InChI=1S/C17H13BrN2O2S/c18-15-8-10-16(11-9-15)23(21,22)20-19-12-14-6-3-5-13-4-1-2-7-17(13)14/h1-12,20H. The summed E-state index contributed by atoms with van der Waals surface area (Å²) in [6, 6.07) is 20.0. The Balaban J connectivity index is 1.84. The van der Waals surface area contributed by atoms with Crippen LogP contribution in [0.5, 0.6) is 0 Å². The van der Waals surface area contributed by atoms with Gasteiger partial charge in [0.05, 0.1) is 11.1 Å². The molecule has 0 saturated carbocycles. The molecule has 0 atom stereocenters. The van der Waals surface area contributed by atoms with E-state index in [1.807, 2.05) is 42.5 Å². The van der Waals surface area contributed by atoms with Gasteiger partial charge in [-0.25, -0.2) is 4.83 Å². The second-order valence-corrected chi connectivity index (χ2v) is 7.45. The molecule has 23 heavy (non-hydrogen) atoms. The van der Waals surface area contributed by atoms with Gasteiger partial charge in [-0.1, -0.05) is 58.4 Å². The Morgan fingerprint density at radius 1 is 0.913 bits per heavy atom. The van der Waals surface area contributed by atoms with Crippen molar-refractivity contribution in [3.8, 4) is 0 Å². The van der Waals surface area contributed by atoms with Gasteiger partial charge in [0.1, 0.15) is 0 Å². The number of hydrogen-bond acceptors (Lipinski definition) is 3. The molecule has 3 aromatic carbocycles. The molecule has 0 aliphatic heterocycles. The van der Waals surface area contributed by atoms with Crippen LogP contribution < -0.4 is 4.83 Å². The normalized spacial score (nSPS) is 11.9. The number of nitrogens with one attached hydrogen (secondary N) is 1. The summed E-state index contributed by atoms with van der Waals surface area (Å²) in [6.45, 7) is 0. The summed E-state index contributed by atoms with van der Waals surface area (Å²) >= 11 is 3.27. The molecule has 0 aliphatic carbocycles. The molecule has 0 unspecified atom stereocenters. The van der Waals surface area contributed by atoms with E-state index in [2.05, 4.69) is 25.9 Å². The van der Waals surface area contributed by atoms with Gasteiger partial charge >= 0.3 is 0 Å². The summed E-state index contributed by atoms with van der Waals surface area (Å²) in [5, 5.41) is 5.98. The van der Waals surface area contributed by atoms with Gasteiger partial charge in [0, 0.05) is 10.0 Å². The van der Waals surface area contributed by atoms with E-state index < -0.39 is 10.0 Å². The Morgan fingerprint density at radius 3 is 2.39 bits per heavy atom. The zero-order chi connectivity index (χ0) is 16.3. The lowest BCUT2D eigenvalue weighted by Gasteiger charge is -2.04. The average Bonchev–Trinajstić information content (AvgIpc) is 2.55. The molecule has 3 aromatic rings. The maximum absolute atomic E-state index is 12.2. The largest absolute Gasteiger partial charge is 0.276 e. The highest BCUT2D eigenvalue weighted by Crippen LogP contribution is 2.17. The van der Waals surface area contributed by atoms with Crippen LogP contribution in [-0.4, -0.2) is 14.6 Å². The number of fused-ring (bicyclic) bond motifs is 1. The molecule has 0 heterocycles. The number of sulfonamides is 1. The third-order valence-electron chi connectivity index (χ3n) is 3.32. The van der Waals surface area contributed by atoms with E-state index in [-0.39, 0.29) is 4.90 Å². The molecule has 0 saturated heterocycles. The SMILES string of the molecule is O=S(=O)(NN=Cc1cccc2ccccc12)c1ccc(Br)cc1. The topological polar surface area (TPSA) is 58.5 Å². The highest BCUT2D eigenvalue weighted by molar-refractivity contribution is 9.10. The quantitative estimate of drug-likeness (QED) is 0.543. The molecule has 0 amide bonds. The summed E-state index contributed by atoms with van der Waals surface area (Å²) in [4.78, 5) is 2.40. The fourth-order valence-corrected chi connectivity index (χ4v) is 3.25. The Labute approximate surface area is 143 Å². The van der Waals surface area contributed by atoms with Crippen LogP contribution in [0, 0.1) is 0 Å². The molecule has 0 fully saturated rings. The van der Waals surface area contributed by atoms with E-state index in [9.17, 15) is 8.42 Å². The van der Waals surface area contributed by atoms with Gasteiger partial charge in [-0.05, 0) is 35.0 Å². The maximum atomic E-state index is 12.2. The number of halogens is 1. The van der Waals surface area contributed by atoms with Crippen LogP contribution in [0.15, 0.2) is 81.2 Å². The van der Waals surface area contributed by atoms with Gasteiger partial charge in [-0.15, -0.1) is 0 Å². The number of benzene rings is 3. The smallest absolute Gasteiger partial charge is 0.200 e. The summed E-state index contributed by atoms with van der Waals surface area (Å²) in [5.74, 6) is 0. The van der Waals surface area contributed by atoms with Crippen molar-refractivity contribution in [1.29, 1.82) is 0 Å². The first-order valence-corrected chi connectivity index (χ1v) is 9.12. The van der Waals surface area contributed by atoms with Crippen LogP contribution in [0.1, 0.15) is 5.56 Å². The lowest BCUT2D eigenvalue weighted by Crippen LogP contribution is -2.18. The summed E-state index contributed by atoms with van der Waals surface area (Å²) in [5.41, 5.74) is 0.849. The van der Waals surface area contributed by atoms with Gasteiger partial charge in [0.2, 0.25) is 0 Å². The van der Waals surface area contributed by atoms with Crippen LogP contribution >= 0.6 is 15.9 Å². The fraction of sp³-hybridized carbons (Fsp3) is 0. The molecule has 1 N–H and O–H groups in total. The van der Waals surface area contributed by atoms with Crippen LogP contribution in [0.3, 0.4) is 0 Å². The number of nitrogens with zero attached hydrogens (tertiary/aromatic N) is 1. The maximum Gasteiger partial charge on any atom is 0.276 e. The van der Waals surface area contributed by atoms with Crippen LogP contribution in [-0.2, 0) is 10.0 Å². The first-order chi connectivity index (χ1) is 11.1. The minimum absolute atomic E-state index is 0.163. The second kappa shape index (κ2) is 6.52. The number of hydrazone groups is 1. The van der Waals surface area contributed by atoms with E-state index in [0.29, 0.717) is 0 Å². The molecular formula is C17H13BrN2O2S. The van der Waals surface area contributed by atoms with Crippen LogP contribution in [0.25, 0.3) is 10.8 Å². The number of hydrogen-bond donors (Lipinski definition) is 1. The summed E-state index contributed by atoms with van der Waals surface area (Å²) < 4.78 is 25.1. The fourth-order valence-electron chi connectivity index (χ4n) is 2.19. The zero-order valence-electron chi connectivity index (χ0n) is 12.0. The second-order valence-electron chi connectivity index (χ2n) is 4.88. The third-order valence-corrected chi connectivity index (χ3v) is 5.09. The van der Waals surface area contributed by atoms with Gasteiger partial charge in [0.25, 0.3) is 10.0 Å². The van der Waals surface area contributed by atoms with Crippen molar-refractivity contribution in [2.45, 2.75) is 4.90 Å². The van der Waals surface area contributed by atoms with E-state index in [4.69, 9.17) is 0 Å². The van der Waals surface area contributed by atoms with E-state index >= 15 is 0 Å². The number of rotatable bonds is 4. The summed E-state index contributed by atoms with van der Waals surface area (Å²) in [6.07, 6.45) is 1.51. The van der Waals surface area contributed by atoms with Gasteiger partial charge in [-0.2, -0.15) is 13.5 Å². The minimum Gasteiger partial charge on any atom is -0.200 e. The zero-order valence-corrected chi connectivity index (χ0v) is 14.4. The summed E-state index contributed by atoms with van der Waals surface area (Å²) in [7, 11) is -3.67. The molecule has 4 nitrogen and oxygen atoms in total. The first kappa shape index (κ1) is 15.7. The van der Waals surface area contributed by atoms with Gasteiger partial charge in [-0.3, -0.25) is 0 Å². The highest BCUT2D eigenvalue weighted by atomic mass is 79.9. The van der Waals surface area contributed by atoms with Crippen molar-refractivity contribution in [3.63, 3.8) is 0 Å². The van der Waals surface area contributed by atoms with E-state index in [1.54, 1.807) is 12.1 Å². The Kier molecular flexibility index (Phi) is 4.45. The molecule has 6 heteroatoms. The van der Waals surface area contributed by atoms with Crippen molar-refractivity contribution >= 4 is 42.9 Å². The van der Waals surface area contributed by atoms with Crippen LogP contribution in [0.2, 0.25) is 0 Å². The monoisotopic (exact) mass is 388 g/mol. The van der Waals surface area contributed by atoms with Crippen molar-refractivity contribution < 1.29 is 8.42 Å². The van der Waals surface area contributed by atoms with Crippen LogP contribution in [0.4, 0.5) is 0 Å². The van der Waals surface area contributed by atoms with Crippen molar-refractivity contribution in [2.24, 2.45) is 5.10 Å². The third kappa shape index (κ3) is 3.60. The van der Waals surface area contributed by atoms with E-state index in [0.717, 1.165) is 20.8 Å². The average molecular weight is 389 g/mol. The molecule has 0 spiro atoms. The van der Waals surface area contributed by atoms with Crippen molar-refractivity contribution in [1.82, 2.24) is 4.83 Å². The van der Waals surface area contributed by atoms with E-state index in [1.165, 1.54) is 18.3 Å². The molecule has 0 aromatic heterocycles. The predicted octanol–water partition coefficient (Wildman–Crippen LogP) is 3.91. The highest BCUT2D eigenvalue weighted by Gasteiger charge is 2.11. The molecule has 0 radical (unpaired) electrons. The first-order valence-electron chi connectivity index (χ1n) is 6.84. The lowest BCUT2D eigenvalue weighted by atomic mass is 10.1. The Hall–Kier alpha value is -2.18. The van der Waals surface area contributed by atoms with Gasteiger partial charge < -0.3 is 0 Å². The van der Waals surface area contributed by atoms with Crippen molar-refractivity contribution in [3.05, 3.63) is 76.8 Å². The van der Waals surface area contributed by atoms with Crippen molar-refractivity contribution in [2.75, 3.05) is 0 Å². The Morgan fingerprint density at radius 2 is 1.61 bits per heavy atom. The molecule has 3 rings (SSSR count).